The van der Waals surface area contributed by atoms with Gasteiger partial charge >= 0.3 is 0 Å². The van der Waals surface area contributed by atoms with Crippen LogP contribution < -0.4 is 5.32 Å². The summed E-state index contributed by atoms with van der Waals surface area (Å²) in [6.07, 6.45) is 2.89. The normalized spacial score (nSPS) is 12.9. The van der Waals surface area contributed by atoms with Crippen molar-refractivity contribution in [2.75, 3.05) is 6.54 Å². The van der Waals surface area contributed by atoms with Crippen molar-refractivity contribution in [2.45, 2.75) is 33.2 Å². The van der Waals surface area contributed by atoms with Crippen LogP contribution in [0, 0.1) is 13.8 Å². The molecule has 0 bridgehead atoms. The molecule has 0 radical (unpaired) electrons. The first kappa shape index (κ1) is 14.7. The van der Waals surface area contributed by atoms with Gasteiger partial charge < -0.3 is 5.32 Å². The van der Waals surface area contributed by atoms with Crippen LogP contribution in [0.15, 0.2) is 10.7 Å². The van der Waals surface area contributed by atoms with Gasteiger partial charge in [-0.25, -0.2) is 4.98 Å². The monoisotopic (exact) mass is 342 g/mol. The number of halogens is 1. The van der Waals surface area contributed by atoms with Gasteiger partial charge in [-0.3, -0.25) is 4.68 Å². The van der Waals surface area contributed by atoms with Gasteiger partial charge in [-0.15, -0.1) is 11.3 Å². The zero-order valence-corrected chi connectivity index (χ0v) is 14.1. The van der Waals surface area contributed by atoms with Crippen molar-refractivity contribution in [3.8, 4) is 0 Å². The highest BCUT2D eigenvalue weighted by Crippen LogP contribution is 2.28. The Morgan fingerprint density at radius 2 is 2.21 bits per heavy atom. The van der Waals surface area contributed by atoms with Crippen molar-refractivity contribution >= 4 is 27.3 Å². The number of nitrogens with one attached hydrogen (secondary N) is 1. The highest BCUT2D eigenvalue weighted by molar-refractivity contribution is 9.10. The number of aromatic nitrogens is 3. The van der Waals surface area contributed by atoms with E-state index in [-0.39, 0.29) is 0 Å². The van der Waals surface area contributed by atoms with Gasteiger partial charge in [0, 0.05) is 30.6 Å². The van der Waals surface area contributed by atoms with Crippen molar-refractivity contribution in [1.29, 1.82) is 0 Å². The van der Waals surface area contributed by atoms with Crippen molar-refractivity contribution in [1.82, 2.24) is 20.1 Å². The summed E-state index contributed by atoms with van der Waals surface area (Å²) in [6, 6.07) is 0.294. The number of thiazole rings is 1. The highest BCUT2D eigenvalue weighted by atomic mass is 79.9. The van der Waals surface area contributed by atoms with Crippen LogP contribution in [0.2, 0.25) is 0 Å². The molecule has 19 heavy (non-hydrogen) atoms. The maximum Gasteiger partial charge on any atom is 0.0897 e. The molecule has 0 aliphatic rings. The fourth-order valence-electron chi connectivity index (χ4n) is 2.15. The summed E-state index contributed by atoms with van der Waals surface area (Å²) >= 11 is 5.39. The van der Waals surface area contributed by atoms with E-state index in [1.807, 2.05) is 31.8 Å². The topological polar surface area (TPSA) is 42.7 Å². The first-order valence-electron chi connectivity index (χ1n) is 6.36. The van der Waals surface area contributed by atoms with Crippen LogP contribution in [0.3, 0.4) is 0 Å². The Morgan fingerprint density at radius 1 is 1.47 bits per heavy atom. The summed E-state index contributed by atoms with van der Waals surface area (Å²) in [5.41, 5.74) is 2.25. The molecule has 6 heteroatoms. The summed E-state index contributed by atoms with van der Waals surface area (Å²) in [7, 11) is 1.99. The smallest absolute Gasteiger partial charge is 0.0897 e. The van der Waals surface area contributed by atoms with Gasteiger partial charge in [0.25, 0.3) is 0 Å². The SMILES string of the molecule is CCNC(Cc1c(Br)c(C)nn1C)c1cnc(C)s1. The molecule has 0 aliphatic carbocycles. The summed E-state index contributed by atoms with van der Waals surface area (Å²) < 4.78 is 3.07. The Balaban J connectivity index is 2.26. The average Bonchev–Trinajstić information content (AvgIpc) is 2.88. The Bertz CT molecular complexity index is 561. The third-order valence-electron chi connectivity index (χ3n) is 3.09. The Labute approximate surface area is 126 Å². The molecule has 2 rings (SSSR count). The molecule has 104 valence electrons. The number of rotatable bonds is 5. The lowest BCUT2D eigenvalue weighted by atomic mass is 10.1. The molecular formula is C13H19BrN4S. The van der Waals surface area contributed by atoms with Crippen LogP contribution in [-0.4, -0.2) is 21.3 Å². The quantitative estimate of drug-likeness (QED) is 0.907. The molecule has 0 fully saturated rings. The fourth-order valence-corrected chi connectivity index (χ4v) is 3.51. The number of nitrogens with zero attached hydrogens (tertiary/aromatic N) is 3. The van der Waals surface area contributed by atoms with Crippen LogP contribution in [0.1, 0.15) is 34.2 Å². The van der Waals surface area contributed by atoms with E-state index in [0.29, 0.717) is 6.04 Å². The van der Waals surface area contributed by atoms with Crippen molar-refractivity contribution < 1.29 is 0 Å². The number of aryl methyl sites for hydroxylation is 3. The minimum Gasteiger partial charge on any atom is -0.309 e. The molecule has 4 nitrogen and oxygen atoms in total. The molecular weight excluding hydrogens is 324 g/mol. The second-order valence-electron chi connectivity index (χ2n) is 4.57. The van der Waals surface area contributed by atoms with Gasteiger partial charge in [-0.05, 0) is 36.3 Å². The molecule has 0 amide bonds. The van der Waals surface area contributed by atoms with E-state index in [9.17, 15) is 0 Å². The molecule has 0 aromatic carbocycles. The van der Waals surface area contributed by atoms with E-state index >= 15 is 0 Å². The largest absolute Gasteiger partial charge is 0.309 e. The molecule has 0 aliphatic heterocycles. The first-order valence-corrected chi connectivity index (χ1v) is 7.97. The first-order chi connectivity index (χ1) is 9.02. The molecule has 2 aromatic heterocycles. The second kappa shape index (κ2) is 6.15. The molecule has 0 saturated carbocycles. The summed E-state index contributed by atoms with van der Waals surface area (Å²) in [5.74, 6) is 0. The predicted molar refractivity (Wildman–Crippen MR) is 82.6 cm³/mol. The van der Waals surface area contributed by atoms with Crippen LogP contribution in [-0.2, 0) is 13.5 Å². The zero-order chi connectivity index (χ0) is 14.0. The molecule has 1 atom stereocenters. The second-order valence-corrected chi connectivity index (χ2v) is 6.63. The molecule has 1 N–H and O–H groups in total. The molecule has 2 aromatic rings. The predicted octanol–water partition coefficient (Wildman–Crippen LogP) is 3.15. The lowest BCUT2D eigenvalue weighted by molar-refractivity contribution is 0.534. The van der Waals surface area contributed by atoms with E-state index in [1.54, 1.807) is 11.3 Å². The Kier molecular flexibility index (Phi) is 4.76. The molecule has 0 saturated heterocycles. The molecule has 0 spiro atoms. The van der Waals surface area contributed by atoms with Crippen LogP contribution in [0.5, 0.6) is 0 Å². The Hall–Kier alpha value is -0.720. The van der Waals surface area contributed by atoms with Gasteiger partial charge in [0.2, 0.25) is 0 Å². The standard InChI is InChI=1S/C13H19BrN4S/c1-5-15-10(12-7-16-9(3)19-12)6-11-13(14)8(2)17-18(11)4/h7,10,15H,5-6H2,1-4H3. The molecule has 2 heterocycles. The third-order valence-corrected chi connectivity index (χ3v) is 5.15. The lowest BCUT2D eigenvalue weighted by Crippen LogP contribution is -2.23. The van der Waals surface area contributed by atoms with Gasteiger partial charge in [-0.1, -0.05) is 6.92 Å². The number of hydrogen-bond donors (Lipinski definition) is 1. The summed E-state index contributed by atoms with van der Waals surface area (Å²) in [4.78, 5) is 5.64. The highest BCUT2D eigenvalue weighted by Gasteiger charge is 2.19. The summed E-state index contributed by atoms with van der Waals surface area (Å²) in [6.45, 7) is 7.13. The Morgan fingerprint density at radius 3 is 2.68 bits per heavy atom. The maximum atomic E-state index is 4.45. The molecule has 1 unspecified atom stereocenters. The van der Waals surface area contributed by atoms with E-state index in [1.165, 1.54) is 10.6 Å². The summed E-state index contributed by atoms with van der Waals surface area (Å²) in [5, 5.41) is 9.09. The van der Waals surface area contributed by atoms with Gasteiger partial charge in [0.05, 0.1) is 20.9 Å². The fraction of sp³-hybridized carbons (Fsp3) is 0.538. The average molecular weight is 343 g/mol. The van der Waals surface area contributed by atoms with E-state index in [4.69, 9.17) is 0 Å². The maximum absolute atomic E-state index is 4.45. The van der Waals surface area contributed by atoms with Crippen LogP contribution >= 0.6 is 27.3 Å². The van der Waals surface area contributed by atoms with Crippen molar-refractivity contribution in [3.05, 3.63) is 31.9 Å². The van der Waals surface area contributed by atoms with Gasteiger partial charge in [-0.2, -0.15) is 5.10 Å². The van der Waals surface area contributed by atoms with E-state index in [2.05, 4.69) is 38.3 Å². The van der Waals surface area contributed by atoms with Crippen LogP contribution in [0.25, 0.3) is 0 Å². The minimum atomic E-state index is 0.294. The minimum absolute atomic E-state index is 0.294. The van der Waals surface area contributed by atoms with Crippen molar-refractivity contribution in [2.24, 2.45) is 7.05 Å². The number of likely N-dealkylation sites (N-methyl/N-ethyl adjacent to an activating group) is 1. The van der Waals surface area contributed by atoms with E-state index < -0.39 is 0 Å². The van der Waals surface area contributed by atoms with Crippen molar-refractivity contribution in [3.63, 3.8) is 0 Å². The third kappa shape index (κ3) is 3.24. The van der Waals surface area contributed by atoms with Gasteiger partial charge in [0.1, 0.15) is 0 Å². The lowest BCUT2D eigenvalue weighted by Gasteiger charge is -2.16. The zero-order valence-electron chi connectivity index (χ0n) is 11.7. The number of hydrogen-bond acceptors (Lipinski definition) is 4. The van der Waals surface area contributed by atoms with Gasteiger partial charge in [0.15, 0.2) is 0 Å². The van der Waals surface area contributed by atoms with E-state index in [0.717, 1.165) is 28.1 Å². The van der Waals surface area contributed by atoms with Crippen LogP contribution in [0.4, 0.5) is 0 Å².